The number of nitrogens with one attached hydrogen (secondary N) is 1. The summed E-state index contributed by atoms with van der Waals surface area (Å²) < 4.78 is 0. The van der Waals surface area contributed by atoms with Crippen molar-refractivity contribution in [2.45, 2.75) is 6.42 Å². The summed E-state index contributed by atoms with van der Waals surface area (Å²) in [6, 6.07) is 3.77. The molecule has 1 aromatic heterocycles. The number of pyridine rings is 1. The van der Waals surface area contributed by atoms with E-state index < -0.39 is 0 Å². The lowest BCUT2D eigenvalue weighted by molar-refractivity contribution is 0.0958. The van der Waals surface area contributed by atoms with E-state index in [9.17, 15) is 4.79 Å². The normalized spacial score (nSPS) is 19.4. The van der Waals surface area contributed by atoms with Gasteiger partial charge in [0.2, 0.25) is 0 Å². The van der Waals surface area contributed by atoms with Crippen molar-refractivity contribution in [3.63, 3.8) is 0 Å². The van der Waals surface area contributed by atoms with E-state index in [0.717, 1.165) is 31.7 Å². The van der Waals surface area contributed by atoms with Crippen LogP contribution in [0.2, 0.25) is 0 Å². The molecule has 0 saturated carbocycles. The van der Waals surface area contributed by atoms with Crippen LogP contribution in [0.15, 0.2) is 18.3 Å². The summed E-state index contributed by atoms with van der Waals surface area (Å²) in [6.45, 7) is 2.69. The molecule has 1 aliphatic rings. The van der Waals surface area contributed by atoms with E-state index in [2.05, 4.69) is 15.2 Å². The van der Waals surface area contributed by atoms with Gasteiger partial charge in [-0.3, -0.25) is 9.78 Å². The monoisotopic (exact) mass is 234 g/mol. The Morgan fingerprint density at radius 3 is 3.18 bits per heavy atom. The minimum absolute atomic E-state index is 0.151. The number of aromatic nitrogens is 1. The Morgan fingerprint density at radius 2 is 2.53 bits per heavy atom. The lowest BCUT2D eigenvalue weighted by Gasteiger charge is -2.18. The molecule has 3 N–H and O–H groups in total. The molecule has 1 fully saturated rings. The Morgan fingerprint density at radius 1 is 1.71 bits per heavy atom. The minimum atomic E-state index is -0.151. The fourth-order valence-corrected chi connectivity index (χ4v) is 2.13. The second-order valence-corrected chi connectivity index (χ2v) is 4.31. The predicted octanol–water partition coefficient (Wildman–Crippen LogP) is 0.226. The van der Waals surface area contributed by atoms with Crippen LogP contribution in [0.3, 0.4) is 0 Å². The van der Waals surface area contributed by atoms with E-state index in [-0.39, 0.29) is 5.91 Å². The van der Waals surface area contributed by atoms with E-state index >= 15 is 0 Å². The second-order valence-electron chi connectivity index (χ2n) is 4.31. The van der Waals surface area contributed by atoms with Gasteiger partial charge >= 0.3 is 0 Å². The molecule has 5 heteroatoms. The quantitative estimate of drug-likeness (QED) is 0.785. The maximum atomic E-state index is 11.5. The highest BCUT2D eigenvalue weighted by Crippen LogP contribution is 2.23. The van der Waals surface area contributed by atoms with Gasteiger partial charge in [-0.2, -0.15) is 0 Å². The van der Waals surface area contributed by atoms with Crippen molar-refractivity contribution in [1.82, 2.24) is 10.3 Å². The molecule has 0 spiro atoms. The molecule has 0 bridgehead atoms. The van der Waals surface area contributed by atoms with E-state index in [1.165, 1.54) is 0 Å². The minimum Gasteiger partial charge on any atom is -0.371 e. The van der Waals surface area contributed by atoms with E-state index in [1.807, 2.05) is 12.1 Å². The van der Waals surface area contributed by atoms with Crippen molar-refractivity contribution in [2.24, 2.45) is 11.7 Å². The van der Waals surface area contributed by atoms with E-state index in [1.54, 1.807) is 13.2 Å². The number of carbonyl (C=O) groups excluding carboxylic acids is 1. The first-order valence-electron chi connectivity index (χ1n) is 5.87. The molecule has 1 unspecified atom stereocenters. The first-order valence-corrected chi connectivity index (χ1v) is 5.87. The van der Waals surface area contributed by atoms with Gasteiger partial charge in [0.1, 0.15) is 5.69 Å². The highest BCUT2D eigenvalue weighted by atomic mass is 16.1. The standard InChI is InChI=1S/C12H18N4O/c1-14-12(17)11-6-10(2-4-15-11)16-5-3-9(7-13)8-16/h2,4,6,9H,3,5,7-8,13H2,1H3,(H,14,17). The summed E-state index contributed by atoms with van der Waals surface area (Å²) in [5.74, 6) is 0.410. The number of hydrogen-bond donors (Lipinski definition) is 2. The molecule has 2 rings (SSSR count). The summed E-state index contributed by atoms with van der Waals surface area (Å²) in [4.78, 5) is 17.8. The van der Waals surface area contributed by atoms with Crippen molar-refractivity contribution >= 4 is 11.6 Å². The second kappa shape index (κ2) is 5.14. The predicted molar refractivity (Wildman–Crippen MR) is 67.0 cm³/mol. The molecule has 1 amide bonds. The molecule has 1 aliphatic heterocycles. The fourth-order valence-electron chi connectivity index (χ4n) is 2.13. The maximum absolute atomic E-state index is 11.5. The SMILES string of the molecule is CNC(=O)c1cc(N2CCC(CN)C2)ccn1. The molecule has 5 nitrogen and oxygen atoms in total. The number of rotatable bonds is 3. The highest BCUT2D eigenvalue weighted by Gasteiger charge is 2.22. The third kappa shape index (κ3) is 2.55. The van der Waals surface area contributed by atoms with Crippen LogP contribution in [-0.2, 0) is 0 Å². The Bertz CT molecular complexity index is 407. The largest absolute Gasteiger partial charge is 0.371 e. The van der Waals surface area contributed by atoms with Crippen molar-refractivity contribution in [3.8, 4) is 0 Å². The van der Waals surface area contributed by atoms with Gasteiger partial charge in [0, 0.05) is 32.0 Å². The number of carbonyl (C=O) groups is 1. The van der Waals surface area contributed by atoms with Crippen LogP contribution in [0.5, 0.6) is 0 Å². The number of hydrogen-bond acceptors (Lipinski definition) is 4. The third-order valence-electron chi connectivity index (χ3n) is 3.19. The maximum Gasteiger partial charge on any atom is 0.269 e. The molecule has 0 radical (unpaired) electrons. The zero-order chi connectivity index (χ0) is 12.3. The van der Waals surface area contributed by atoms with Crippen LogP contribution in [0.1, 0.15) is 16.9 Å². The molecular formula is C12H18N4O. The summed E-state index contributed by atoms with van der Waals surface area (Å²) in [7, 11) is 1.61. The zero-order valence-corrected chi connectivity index (χ0v) is 10.0. The van der Waals surface area contributed by atoms with Gasteiger partial charge in [0.05, 0.1) is 0 Å². The topological polar surface area (TPSA) is 71.2 Å². The molecule has 2 heterocycles. The average Bonchev–Trinajstić information content (AvgIpc) is 2.86. The van der Waals surface area contributed by atoms with Gasteiger partial charge in [-0.1, -0.05) is 0 Å². The van der Waals surface area contributed by atoms with Crippen LogP contribution in [0.4, 0.5) is 5.69 Å². The van der Waals surface area contributed by atoms with Gasteiger partial charge < -0.3 is 16.0 Å². The first-order chi connectivity index (χ1) is 8.24. The van der Waals surface area contributed by atoms with Crippen molar-refractivity contribution < 1.29 is 4.79 Å². The molecule has 17 heavy (non-hydrogen) atoms. The number of nitrogens with two attached hydrogens (primary N) is 1. The Kier molecular flexibility index (Phi) is 3.58. The van der Waals surface area contributed by atoms with Crippen molar-refractivity contribution in [1.29, 1.82) is 0 Å². The van der Waals surface area contributed by atoms with Gasteiger partial charge in [-0.05, 0) is 31.0 Å². The number of anilines is 1. The van der Waals surface area contributed by atoms with Gasteiger partial charge in [-0.25, -0.2) is 0 Å². The molecule has 0 aromatic carbocycles. The van der Waals surface area contributed by atoms with E-state index in [4.69, 9.17) is 5.73 Å². The summed E-state index contributed by atoms with van der Waals surface area (Å²) in [6.07, 6.45) is 2.80. The molecule has 1 saturated heterocycles. The van der Waals surface area contributed by atoms with Crippen molar-refractivity contribution in [2.75, 3.05) is 31.6 Å². The van der Waals surface area contributed by atoms with Crippen LogP contribution >= 0.6 is 0 Å². The smallest absolute Gasteiger partial charge is 0.269 e. The lowest BCUT2D eigenvalue weighted by Crippen LogP contribution is -2.24. The van der Waals surface area contributed by atoms with E-state index in [0.29, 0.717) is 11.6 Å². The summed E-state index contributed by atoms with van der Waals surface area (Å²) in [5.41, 5.74) is 7.18. The van der Waals surface area contributed by atoms with Gasteiger partial charge in [0.25, 0.3) is 5.91 Å². The van der Waals surface area contributed by atoms with Crippen molar-refractivity contribution in [3.05, 3.63) is 24.0 Å². The van der Waals surface area contributed by atoms with Crippen LogP contribution in [0.25, 0.3) is 0 Å². The molecule has 1 aromatic rings. The zero-order valence-electron chi connectivity index (χ0n) is 10.0. The highest BCUT2D eigenvalue weighted by molar-refractivity contribution is 5.92. The van der Waals surface area contributed by atoms with Gasteiger partial charge in [-0.15, -0.1) is 0 Å². The number of nitrogens with zero attached hydrogens (tertiary/aromatic N) is 2. The average molecular weight is 234 g/mol. The lowest BCUT2D eigenvalue weighted by atomic mass is 10.1. The fraction of sp³-hybridized carbons (Fsp3) is 0.500. The summed E-state index contributed by atoms with van der Waals surface area (Å²) in [5, 5.41) is 2.58. The van der Waals surface area contributed by atoms with Crippen LogP contribution < -0.4 is 16.0 Å². The molecular weight excluding hydrogens is 216 g/mol. The molecule has 92 valence electrons. The summed E-state index contributed by atoms with van der Waals surface area (Å²) >= 11 is 0. The molecule has 1 atom stereocenters. The van der Waals surface area contributed by atoms with Gasteiger partial charge in [0.15, 0.2) is 0 Å². The Labute approximate surface area is 101 Å². The molecule has 0 aliphatic carbocycles. The Balaban J connectivity index is 2.14. The van der Waals surface area contributed by atoms with Crippen LogP contribution in [-0.4, -0.2) is 37.6 Å². The Hall–Kier alpha value is -1.62. The third-order valence-corrected chi connectivity index (χ3v) is 3.19. The first kappa shape index (κ1) is 11.9. The number of amides is 1. The van der Waals surface area contributed by atoms with Crippen LogP contribution in [0, 0.1) is 5.92 Å².